The van der Waals surface area contributed by atoms with Gasteiger partial charge >= 0.3 is 0 Å². The van der Waals surface area contributed by atoms with Crippen LogP contribution in [0.3, 0.4) is 0 Å². The Bertz CT molecular complexity index is 545. The van der Waals surface area contributed by atoms with Gasteiger partial charge in [-0.15, -0.1) is 0 Å². The number of allylic oxidation sites excluding steroid dienone is 4. The fraction of sp³-hybridized carbons (Fsp3) is 0.143. The normalized spacial score (nSPS) is 14.4. The van der Waals surface area contributed by atoms with Crippen LogP contribution in [0.25, 0.3) is 5.57 Å². The number of rotatable bonds is 3. The first-order chi connectivity index (χ1) is 8.67. The van der Waals surface area contributed by atoms with Crippen molar-refractivity contribution in [2.45, 2.75) is 0 Å². The van der Waals surface area contributed by atoms with Gasteiger partial charge in [0.15, 0.2) is 11.6 Å². The Labute approximate surface area is 105 Å². The maximum absolute atomic E-state index is 11.9. The van der Waals surface area contributed by atoms with Gasteiger partial charge in [-0.3, -0.25) is 9.59 Å². The maximum atomic E-state index is 11.9. The van der Waals surface area contributed by atoms with Gasteiger partial charge in [0.2, 0.25) is 0 Å². The van der Waals surface area contributed by atoms with E-state index in [1.807, 2.05) is 0 Å². The maximum Gasteiger partial charge on any atom is 0.186 e. The van der Waals surface area contributed by atoms with E-state index in [1.165, 1.54) is 32.4 Å². The lowest BCUT2D eigenvalue weighted by atomic mass is 9.95. The quantitative estimate of drug-likeness (QED) is 0.761. The van der Waals surface area contributed by atoms with E-state index in [9.17, 15) is 9.59 Å². The Morgan fingerprint density at radius 1 is 0.944 bits per heavy atom. The van der Waals surface area contributed by atoms with Crippen molar-refractivity contribution in [3.8, 4) is 11.5 Å². The number of hydrogen-bond donors (Lipinski definition) is 0. The predicted octanol–water partition coefficient (Wildman–Crippen LogP) is 1.80. The molecule has 1 aromatic carbocycles. The van der Waals surface area contributed by atoms with Crippen LogP contribution in [-0.4, -0.2) is 25.8 Å². The van der Waals surface area contributed by atoms with E-state index in [0.717, 1.165) is 0 Å². The van der Waals surface area contributed by atoms with Gasteiger partial charge in [0.1, 0.15) is 11.5 Å². The van der Waals surface area contributed by atoms with Crippen LogP contribution in [0, 0.1) is 0 Å². The van der Waals surface area contributed by atoms with E-state index < -0.39 is 0 Å². The molecule has 0 saturated carbocycles. The number of hydrogen-bond acceptors (Lipinski definition) is 4. The number of methoxy groups -OCH3 is 2. The van der Waals surface area contributed by atoms with Crippen molar-refractivity contribution in [3.05, 3.63) is 42.0 Å². The third-order valence-corrected chi connectivity index (χ3v) is 2.65. The second kappa shape index (κ2) is 4.87. The minimum absolute atomic E-state index is 0.224. The molecule has 0 amide bonds. The van der Waals surface area contributed by atoms with Crippen LogP contribution in [-0.2, 0) is 9.59 Å². The van der Waals surface area contributed by atoms with Gasteiger partial charge in [-0.25, -0.2) is 0 Å². The second-order valence-electron chi connectivity index (χ2n) is 3.70. The summed E-state index contributed by atoms with van der Waals surface area (Å²) in [7, 11) is 3.01. The summed E-state index contributed by atoms with van der Waals surface area (Å²) < 4.78 is 10.4. The van der Waals surface area contributed by atoms with Crippen molar-refractivity contribution in [2.75, 3.05) is 14.2 Å². The molecule has 0 atom stereocenters. The van der Waals surface area contributed by atoms with Gasteiger partial charge in [-0.1, -0.05) is 6.07 Å². The van der Waals surface area contributed by atoms with Crippen molar-refractivity contribution < 1.29 is 19.1 Å². The predicted molar refractivity (Wildman–Crippen MR) is 66.7 cm³/mol. The minimum atomic E-state index is -0.239. The molecular weight excluding hydrogens is 232 g/mol. The van der Waals surface area contributed by atoms with Crippen LogP contribution in [0.2, 0.25) is 0 Å². The van der Waals surface area contributed by atoms with E-state index >= 15 is 0 Å². The Morgan fingerprint density at radius 3 is 2.11 bits per heavy atom. The number of carbonyl (C=O) groups excluding carboxylic acids is 2. The van der Waals surface area contributed by atoms with Crippen LogP contribution >= 0.6 is 0 Å². The van der Waals surface area contributed by atoms with Crippen LogP contribution < -0.4 is 9.47 Å². The average Bonchev–Trinajstić information content (AvgIpc) is 2.40. The molecule has 0 heterocycles. The van der Waals surface area contributed by atoms with E-state index in [-0.39, 0.29) is 17.1 Å². The molecule has 0 fully saturated rings. The van der Waals surface area contributed by atoms with Crippen molar-refractivity contribution >= 4 is 17.1 Å². The lowest BCUT2D eigenvalue weighted by Crippen LogP contribution is -2.09. The third-order valence-electron chi connectivity index (χ3n) is 2.65. The molecule has 0 unspecified atom stereocenters. The fourth-order valence-corrected chi connectivity index (χ4v) is 1.82. The molecule has 0 bridgehead atoms. The SMILES string of the molecule is COc1cccc(OC)c1C1=CC(=O)C=CC1=O. The summed E-state index contributed by atoms with van der Waals surface area (Å²) in [4.78, 5) is 23.3. The highest BCUT2D eigenvalue weighted by atomic mass is 16.5. The minimum Gasteiger partial charge on any atom is -0.496 e. The molecule has 0 saturated heterocycles. The van der Waals surface area contributed by atoms with Crippen molar-refractivity contribution in [1.82, 2.24) is 0 Å². The molecule has 0 radical (unpaired) electrons. The number of ether oxygens (including phenoxy) is 2. The molecule has 18 heavy (non-hydrogen) atoms. The fourth-order valence-electron chi connectivity index (χ4n) is 1.82. The van der Waals surface area contributed by atoms with Crippen LogP contribution in [0.5, 0.6) is 11.5 Å². The molecule has 0 N–H and O–H groups in total. The van der Waals surface area contributed by atoms with E-state index in [2.05, 4.69) is 0 Å². The standard InChI is InChI=1S/C14H12O4/c1-17-12-4-3-5-13(18-2)14(12)10-8-9(15)6-7-11(10)16/h3-8H,1-2H3. The number of ketones is 2. The third kappa shape index (κ3) is 2.05. The molecule has 1 aliphatic rings. The zero-order chi connectivity index (χ0) is 13.1. The Morgan fingerprint density at radius 2 is 1.56 bits per heavy atom. The van der Waals surface area contributed by atoms with E-state index in [4.69, 9.17) is 9.47 Å². The van der Waals surface area contributed by atoms with Gasteiger partial charge in [0, 0.05) is 5.57 Å². The van der Waals surface area contributed by atoms with Crippen LogP contribution in [0.4, 0.5) is 0 Å². The summed E-state index contributed by atoms with van der Waals surface area (Å²) in [6.07, 6.45) is 3.79. The highest BCUT2D eigenvalue weighted by Crippen LogP contribution is 2.36. The van der Waals surface area contributed by atoms with Gasteiger partial charge < -0.3 is 9.47 Å². The molecule has 2 rings (SSSR count). The van der Waals surface area contributed by atoms with E-state index in [0.29, 0.717) is 17.1 Å². The monoisotopic (exact) mass is 244 g/mol. The summed E-state index contributed by atoms with van der Waals surface area (Å²) >= 11 is 0. The highest BCUT2D eigenvalue weighted by molar-refractivity contribution is 6.34. The van der Waals surface area contributed by atoms with Gasteiger partial charge in [-0.05, 0) is 30.4 Å². The van der Waals surface area contributed by atoms with Gasteiger partial charge in [0.05, 0.1) is 19.8 Å². The summed E-state index contributed by atoms with van der Waals surface area (Å²) in [5, 5.41) is 0. The topological polar surface area (TPSA) is 52.6 Å². The summed E-state index contributed by atoms with van der Waals surface area (Å²) in [5.74, 6) is 0.532. The highest BCUT2D eigenvalue weighted by Gasteiger charge is 2.22. The summed E-state index contributed by atoms with van der Waals surface area (Å²) in [6, 6.07) is 5.19. The zero-order valence-corrected chi connectivity index (χ0v) is 10.1. The molecule has 4 heteroatoms. The molecule has 0 aromatic heterocycles. The molecule has 92 valence electrons. The summed E-state index contributed by atoms with van der Waals surface area (Å²) in [5.41, 5.74) is 0.794. The molecule has 0 spiro atoms. The van der Waals surface area contributed by atoms with Crippen molar-refractivity contribution in [2.24, 2.45) is 0 Å². The molecule has 4 nitrogen and oxygen atoms in total. The molecule has 1 aromatic rings. The van der Waals surface area contributed by atoms with Crippen LogP contribution in [0.15, 0.2) is 36.4 Å². The average molecular weight is 244 g/mol. The Kier molecular flexibility index (Phi) is 3.28. The van der Waals surface area contributed by atoms with Crippen molar-refractivity contribution in [1.29, 1.82) is 0 Å². The first kappa shape index (κ1) is 12.1. The number of benzene rings is 1. The first-order valence-corrected chi connectivity index (χ1v) is 5.37. The Balaban J connectivity index is 2.63. The van der Waals surface area contributed by atoms with Gasteiger partial charge in [-0.2, -0.15) is 0 Å². The molecular formula is C14H12O4. The molecule has 0 aliphatic heterocycles. The van der Waals surface area contributed by atoms with Crippen molar-refractivity contribution in [3.63, 3.8) is 0 Å². The van der Waals surface area contributed by atoms with Gasteiger partial charge in [0.25, 0.3) is 0 Å². The summed E-state index contributed by atoms with van der Waals surface area (Å²) in [6.45, 7) is 0. The van der Waals surface area contributed by atoms with Crippen LogP contribution in [0.1, 0.15) is 5.56 Å². The smallest absolute Gasteiger partial charge is 0.186 e. The lowest BCUT2D eigenvalue weighted by molar-refractivity contribution is -0.113. The zero-order valence-electron chi connectivity index (χ0n) is 10.1. The number of carbonyl (C=O) groups is 2. The van der Waals surface area contributed by atoms with E-state index in [1.54, 1.807) is 18.2 Å². The lowest BCUT2D eigenvalue weighted by Gasteiger charge is -2.15. The Hall–Kier alpha value is -2.36. The first-order valence-electron chi connectivity index (χ1n) is 5.37. The second-order valence-corrected chi connectivity index (χ2v) is 3.70. The molecule has 1 aliphatic carbocycles. The largest absolute Gasteiger partial charge is 0.496 e.